The summed E-state index contributed by atoms with van der Waals surface area (Å²) in [6.45, 7) is 3.66. The number of nitrogens with one attached hydrogen (secondary N) is 1. The van der Waals surface area contributed by atoms with Gasteiger partial charge in [0.05, 0.1) is 30.8 Å². The predicted molar refractivity (Wildman–Crippen MR) is 95.3 cm³/mol. The molecule has 138 valence electrons. The van der Waals surface area contributed by atoms with Gasteiger partial charge in [0.25, 0.3) is 5.69 Å². The molecular formula is C18H27N3O4. The molecule has 1 N–H and O–H groups in total. The second-order valence-corrected chi connectivity index (χ2v) is 6.80. The van der Waals surface area contributed by atoms with E-state index in [9.17, 15) is 10.1 Å². The minimum atomic E-state index is -0.290. The van der Waals surface area contributed by atoms with Crippen LogP contribution in [0.1, 0.15) is 37.3 Å². The number of ether oxygens (including phenoxy) is 2. The average Bonchev–Trinajstić information content (AvgIpc) is 3.16. The Morgan fingerprint density at radius 1 is 1.16 bits per heavy atom. The zero-order valence-corrected chi connectivity index (χ0v) is 15.0. The summed E-state index contributed by atoms with van der Waals surface area (Å²) < 4.78 is 10.7. The summed E-state index contributed by atoms with van der Waals surface area (Å²) in [5.74, 6) is 1.42. The molecular weight excluding hydrogens is 322 g/mol. The van der Waals surface area contributed by atoms with Crippen LogP contribution in [0.15, 0.2) is 12.1 Å². The van der Waals surface area contributed by atoms with Gasteiger partial charge in [-0.2, -0.15) is 0 Å². The van der Waals surface area contributed by atoms with Crippen molar-refractivity contribution in [2.24, 2.45) is 5.92 Å². The minimum Gasteiger partial charge on any atom is -0.493 e. The fraction of sp³-hybridized carbons (Fsp3) is 0.667. The molecule has 0 unspecified atom stereocenters. The molecule has 3 rings (SSSR count). The van der Waals surface area contributed by atoms with Crippen molar-refractivity contribution >= 4 is 5.69 Å². The summed E-state index contributed by atoms with van der Waals surface area (Å²) in [6.07, 6.45) is 4.66. The van der Waals surface area contributed by atoms with Crippen LogP contribution in [0.3, 0.4) is 0 Å². The Balaban J connectivity index is 2.07. The Morgan fingerprint density at radius 2 is 1.76 bits per heavy atom. The van der Waals surface area contributed by atoms with E-state index in [1.165, 1.54) is 26.0 Å². The largest absolute Gasteiger partial charge is 0.493 e. The highest BCUT2D eigenvalue weighted by molar-refractivity contribution is 5.55. The molecule has 7 nitrogen and oxygen atoms in total. The van der Waals surface area contributed by atoms with Crippen molar-refractivity contribution < 1.29 is 14.4 Å². The van der Waals surface area contributed by atoms with E-state index in [-0.39, 0.29) is 16.7 Å². The van der Waals surface area contributed by atoms with Gasteiger partial charge in [-0.3, -0.25) is 15.0 Å². The van der Waals surface area contributed by atoms with Crippen molar-refractivity contribution in [3.05, 3.63) is 27.8 Å². The van der Waals surface area contributed by atoms with Crippen LogP contribution >= 0.6 is 0 Å². The molecule has 1 saturated carbocycles. The highest BCUT2D eigenvalue weighted by Crippen LogP contribution is 2.45. The van der Waals surface area contributed by atoms with E-state index in [0.717, 1.165) is 44.6 Å². The van der Waals surface area contributed by atoms with Gasteiger partial charge in [-0.25, -0.2) is 0 Å². The van der Waals surface area contributed by atoms with Crippen molar-refractivity contribution in [2.45, 2.75) is 31.7 Å². The van der Waals surface area contributed by atoms with E-state index >= 15 is 0 Å². The normalized spacial score (nSPS) is 20.4. The highest BCUT2D eigenvalue weighted by Gasteiger charge is 2.36. The Morgan fingerprint density at radius 3 is 2.32 bits per heavy atom. The summed E-state index contributed by atoms with van der Waals surface area (Å²) in [4.78, 5) is 13.9. The third-order valence-electron chi connectivity index (χ3n) is 5.44. The van der Waals surface area contributed by atoms with Crippen LogP contribution < -0.4 is 14.8 Å². The fourth-order valence-corrected chi connectivity index (χ4v) is 4.26. The molecule has 1 aliphatic carbocycles. The van der Waals surface area contributed by atoms with E-state index in [0.29, 0.717) is 17.4 Å². The smallest absolute Gasteiger partial charge is 0.278 e. The zero-order valence-electron chi connectivity index (χ0n) is 15.0. The maximum atomic E-state index is 11.8. The zero-order chi connectivity index (χ0) is 17.8. The summed E-state index contributed by atoms with van der Waals surface area (Å²) in [5.41, 5.74) is 0.893. The van der Waals surface area contributed by atoms with Crippen LogP contribution in [0, 0.1) is 16.0 Å². The van der Waals surface area contributed by atoms with Gasteiger partial charge in [0.15, 0.2) is 11.5 Å². The molecule has 25 heavy (non-hydrogen) atoms. The van der Waals surface area contributed by atoms with Crippen molar-refractivity contribution in [3.63, 3.8) is 0 Å². The molecule has 1 atom stereocenters. The third-order valence-corrected chi connectivity index (χ3v) is 5.44. The Kier molecular flexibility index (Phi) is 5.75. The maximum Gasteiger partial charge on any atom is 0.278 e. The lowest BCUT2D eigenvalue weighted by molar-refractivity contribution is -0.386. The molecule has 0 spiro atoms. The summed E-state index contributed by atoms with van der Waals surface area (Å²) >= 11 is 0. The number of benzene rings is 1. The lowest BCUT2D eigenvalue weighted by atomic mass is 9.88. The van der Waals surface area contributed by atoms with Crippen LogP contribution in [0.5, 0.6) is 11.5 Å². The standard InChI is InChI=1S/C18H27N3O4/c1-24-16-11-14(15(21(22)23)12-17(16)25-2)18(13-5-3-4-6-13)20-9-7-19-8-10-20/h11-13,18-19H,3-10H2,1-2H3/t18-/m0/s1. The molecule has 1 aliphatic heterocycles. The first kappa shape index (κ1) is 17.9. The fourth-order valence-electron chi connectivity index (χ4n) is 4.26. The number of nitro groups is 1. The van der Waals surface area contributed by atoms with Gasteiger partial charge in [0.1, 0.15) is 0 Å². The van der Waals surface area contributed by atoms with E-state index in [2.05, 4.69) is 10.2 Å². The average molecular weight is 349 g/mol. The molecule has 0 amide bonds. The molecule has 0 aromatic heterocycles. The summed E-state index contributed by atoms with van der Waals surface area (Å²) in [7, 11) is 3.08. The van der Waals surface area contributed by atoms with Gasteiger partial charge < -0.3 is 14.8 Å². The molecule has 7 heteroatoms. The van der Waals surface area contributed by atoms with E-state index < -0.39 is 0 Å². The molecule has 1 aromatic carbocycles. The number of piperazine rings is 1. The van der Waals surface area contributed by atoms with Gasteiger partial charge in [-0.15, -0.1) is 0 Å². The third kappa shape index (κ3) is 3.72. The Labute approximate surface area is 148 Å². The van der Waals surface area contributed by atoms with Crippen LogP contribution in [-0.4, -0.2) is 50.2 Å². The molecule has 2 aliphatic rings. The number of hydrogen-bond acceptors (Lipinski definition) is 6. The van der Waals surface area contributed by atoms with E-state index in [4.69, 9.17) is 9.47 Å². The van der Waals surface area contributed by atoms with Crippen LogP contribution in [0.4, 0.5) is 5.69 Å². The first-order valence-corrected chi connectivity index (χ1v) is 9.00. The van der Waals surface area contributed by atoms with E-state index in [1.807, 2.05) is 6.07 Å². The summed E-state index contributed by atoms with van der Waals surface area (Å²) in [6, 6.07) is 3.39. The van der Waals surface area contributed by atoms with Crippen molar-refractivity contribution in [1.29, 1.82) is 0 Å². The molecule has 1 aromatic rings. The first-order chi connectivity index (χ1) is 12.2. The SMILES string of the molecule is COc1cc([C@H](C2CCCC2)N2CCNCC2)c([N+](=O)[O-])cc1OC. The van der Waals surface area contributed by atoms with Gasteiger partial charge in [-0.1, -0.05) is 12.8 Å². The molecule has 1 heterocycles. The summed E-state index contributed by atoms with van der Waals surface area (Å²) in [5, 5.41) is 15.1. The molecule has 0 radical (unpaired) electrons. The lowest BCUT2D eigenvalue weighted by Crippen LogP contribution is -2.46. The van der Waals surface area contributed by atoms with Crippen LogP contribution in [0.2, 0.25) is 0 Å². The molecule has 1 saturated heterocycles. The topological polar surface area (TPSA) is 76.9 Å². The Hall–Kier alpha value is -1.86. The monoisotopic (exact) mass is 349 g/mol. The van der Waals surface area contributed by atoms with Gasteiger partial charge in [0, 0.05) is 32.2 Å². The van der Waals surface area contributed by atoms with Crippen molar-refractivity contribution in [2.75, 3.05) is 40.4 Å². The van der Waals surface area contributed by atoms with E-state index in [1.54, 1.807) is 7.11 Å². The van der Waals surface area contributed by atoms with Gasteiger partial charge in [0.2, 0.25) is 0 Å². The van der Waals surface area contributed by atoms with Crippen molar-refractivity contribution in [1.82, 2.24) is 10.2 Å². The number of nitro benzene ring substituents is 1. The molecule has 0 bridgehead atoms. The number of nitrogens with zero attached hydrogens (tertiary/aromatic N) is 2. The molecule has 2 fully saturated rings. The number of methoxy groups -OCH3 is 2. The number of hydrogen-bond donors (Lipinski definition) is 1. The highest BCUT2D eigenvalue weighted by atomic mass is 16.6. The van der Waals surface area contributed by atoms with Gasteiger partial charge >= 0.3 is 0 Å². The predicted octanol–water partition coefficient (Wildman–Crippen LogP) is 2.75. The Bertz CT molecular complexity index is 611. The second kappa shape index (κ2) is 8.01. The first-order valence-electron chi connectivity index (χ1n) is 9.00. The van der Waals surface area contributed by atoms with Crippen molar-refractivity contribution in [3.8, 4) is 11.5 Å². The maximum absolute atomic E-state index is 11.8. The lowest BCUT2D eigenvalue weighted by Gasteiger charge is -2.38. The number of rotatable bonds is 6. The minimum absolute atomic E-state index is 0.0600. The second-order valence-electron chi connectivity index (χ2n) is 6.80. The van der Waals surface area contributed by atoms with Crippen LogP contribution in [0.25, 0.3) is 0 Å². The van der Waals surface area contributed by atoms with Gasteiger partial charge in [-0.05, 0) is 24.8 Å². The van der Waals surface area contributed by atoms with Crippen LogP contribution in [-0.2, 0) is 0 Å². The quantitative estimate of drug-likeness (QED) is 0.629.